The van der Waals surface area contributed by atoms with E-state index in [1.165, 1.54) is 28.7 Å². The van der Waals surface area contributed by atoms with Gasteiger partial charge in [0.05, 0.1) is 18.1 Å². The van der Waals surface area contributed by atoms with E-state index in [-0.39, 0.29) is 9.13 Å². The summed E-state index contributed by atoms with van der Waals surface area (Å²) in [5.41, 5.74) is -1.67. The first kappa shape index (κ1) is 12.2. The van der Waals surface area contributed by atoms with E-state index in [2.05, 4.69) is 0 Å². The van der Waals surface area contributed by atoms with E-state index in [0.29, 0.717) is 0 Å². The van der Waals surface area contributed by atoms with Gasteiger partial charge in [-0.15, -0.1) is 0 Å². The molecule has 0 spiro atoms. The summed E-state index contributed by atoms with van der Waals surface area (Å²) in [6, 6.07) is 3.92. The van der Waals surface area contributed by atoms with Crippen LogP contribution in [0, 0.1) is 20.7 Å². The van der Waals surface area contributed by atoms with Crippen LogP contribution in [0.3, 0.4) is 0 Å². The summed E-state index contributed by atoms with van der Waals surface area (Å²) in [6.07, 6.45) is -5.22. The summed E-state index contributed by atoms with van der Waals surface area (Å²) in [5.74, 6) is -1.31. The molecule has 80 valence electrons. The maximum atomic E-state index is 13.2. The van der Waals surface area contributed by atoms with E-state index in [9.17, 15) is 17.6 Å². The van der Waals surface area contributed by atoms with Gasteiger partial charge < -0.3 is 0 Å². The Balaban J connectivity index is 3.43. The summed E-state index contributed by atoms with van der Waals surface area (Å²) < 4.78 is 50.5. The fourth-order valence-corrected chi connectivity index (χ4v) is 1.58. The summed E-state index contributed by atoms with van der Waals surface area (Å²) in [5, 5.41) is 8.33. The predicted molar refractivity (Wildman–Crippen MR) is 53.4 cm³/mol. The third kappa shape index (κ3) is 2.59. The first-order valence-electron chi connectivity index (χ1n) is 3.79. The molecule has 1 aromatic carbocycles. The molecule has 0 heterocycles. The van der Waals surface area contributed by atoms with Gasteiger partial charge in [0.2, 0.25) is 0 Å². The van der Waals surface area contributed by atoms with Gasteiger partial charge in [-0.3, -0.25) is 0 Å². The van der Waals surface area contributed by atoms with Crippen molar-refractivity contribution in [2.24, 2.45) is 0 Å². The highest BCUT2D eigenvalue weighted by atomic mass is 127. The topological polar surface area (TPSA) is 23.8 Å². The molecule has 0 aliphatic carbocycles. The second-order valence-electron chi connectivity index (χ2n) is 2.73. The zero-order valence-corrected chi connectivity index (χ0v) is 9.36. The van der Waals surface area contributed by atoms with Crippen molar-refractivity contribution in [2.45, 2.75) is 12.6 Å². The second-order valence-corrected chi connectivity index (χ2v) is 3.89. The van der Waals surface area contributed by atoms with Crippen LogP contribution >= 0.6 is 22.6 Å². The van der Waals surface area contributed by atoms with Crippen molar-refractivity contribution in [2.75, 3.05) is 0 Å². The molecule has 0 aromatic heterocycles. The fraction of sp³-hybridized carbons (Fsp3) is 0.222. The average Bonchev–Trinajstić information content (AvgIpc) is 2.10. The van der Waals surface area contributed by atoms with Crippen LogP contribution < -0.4 is 0 Å². The third-order valence-corrected chi connectivity index (χ3v) is 2.57. The van der Waals surface area contributed by atoms with Gasteiger partial charge in [0.25, 0.3) is 0 Å². The molecule has 0 amide bonds. The maximum Gasteiger partial charge on any atom is 0.419 e. The van der Waals surface area contributed by atoms with Gasteiger partial charge in [0.1, 0.15) is 5.82 Å². The second kappa shape index (κ2) is 4.35. The molecular weight excluding hydrogens is 325 g/mol. The molecule has 1 nitrogen and oxygen atoms in total. The Morgan fingerprint density at radius 2 is 1.93 bits per heavy atom. The Hall–Kier alpha value is -0.840. The molecule has 0 aliphatic heterocycles. The quantitative estimate of drug-likeness (QED) is 0.571. The largest absolute Gasteiger partial charge is 0.419 e. The van der Waals surface area contributed by atoms with E-state index in [4.69, 9.17) is 5.26 Å². The van der Waals surface area contributed by atoms with Crippen molar-refractivity contribution >= 4 is 22.6 Å². The normalized spacial score (nSPS) is 11.2. The number of benzene rings is 1. The van der Waals surface area contributed by atoms with Crippen molar-refractivity contribution in [3.8, 4) is 6.07 Å². The van der Waals surface area contributed by atoms with Crippen molar-refractivity contribution in [3.05, 3.63) is 32.6 Å². The number of alkyl halides is 3. The van der Waals surface area contributed by atoms with Crippen LogP contribution in [-0.4, -0.2) is 0 Å². The molecule has 0 fully saturated rings. The molecule has 0 aliphatic rings. The lowest BCUT2D eigenvalue weighted by Gasteiger charge is -2.12. The zero-order valence-electron chi connectivity index (χ0n) is 7.20. The molecule has 15 heavy (non-hydrogen) atoms. The van der Waals surface area contributed by atoms with E-state index >= 15 is 0 Å². The van der Waals surface area contributed by atoms with E-state index in [1.807, 2.05) is 0 Å². The van der Waals surface area contributed by atoms with Gasteiger partial charge in [-0.05, 0) is 34.2 Å². The lowest BCUT2D eigenvalue weighted by atomic mass is 10.0. The van der Waals surface area contributed by atoms with Crippen molar-refractivity contribution in [3.63, 3.8) is 0 Å². The minimum absolute atomic E-state index is 0.110. The summed E-state index contributed by atoms with van der Waals surface area (Å²) in [6.45, 7) is 0. The Morgan fingerprint density at radius 1 is 1.33 bits per heavy atom. The number of hydrogen-bond acceptors (Lipinski definition) is 1. The van der Waals surface area contributed by atoms with Gasteiger partial charge >= 0.3 is 6.18 Å². The monoisotopic (exact) mass is 329 g/mol. The van der Waals surface area contributed by atoms with Crippen LogP contribution in [0.25, 0.3) is 0 Å². The van der Waals surface area contributed by atoms with E-state index in [1.54, 1.807) is 6.07 Å². The van der Waals surface area contributed by atoms with Crippen LogP contribution in [-0.2, 0) is 12.6 Å². The summed E-state index contributed by atoms with van der Waals surface area (Å²) in [4.78, 5) is 0. The molecule has 0 bridgehead atoms. The maximum absolute atomic E-state index is 13.2. The van der Waals surface area contributed by atoms with E-state index in [0.717, 1.165) is 6.07 Å². The van der Waals surface area contributed by atoms with Crippen LogP contribution in [0.4, 0.5) is 17.6 Å². The molecule has 0 radical (unpaired) electrons. The Bertz CT molecular complexity index is 419. The van der Waals surface area contributed by atoms with Crippen molar-refractivity contribution in [1.29, 1.82) is 5.26 Å². The van der Waals surface area contributed by atoms with Crippen LogP contribution in [0.2, 0.25) is 0 Å². The lowest BCUT2D eigenvalue weighted by Crippen LogP contribution is -2.13. The zero-order chi connectivity index (χ0) is 11.6. The predicted octanol–water partition coefficient (Wildman–Crippen LogP) is 3.52. The highest BCUT2D eigenvalue weighted by Gasteiger charge is 2.37. The van der Waals surface area contributed by atoms with Gasteiger partial charge in [-0.1, -0.05) is 6.07 Å². The molecule has 1 aromatic rings. The molecule has 0 N–H and O–H groups in total. The van der Waals surface area contributed by atoms with Crippen LogP contribution in [0.1, 0.15) is 11.1 Å². The average molecular weight is 329 g/mol. The first-order chi connectivity index (χ1) is 6.88. The number of halogens is 5. The summed E-state index contributed by atoms with van der Waals surface area (Å²) >= 11 is 1.48. The lowest BCUT2D eigenvalue weighted by molar-refractivity contribution is -0.140. The molecule has 0 saturated carbocycles. The molecular formula is C9H4F4IN. The highest BCUT2D eigenvalue weighted by Crippen LogP contribution is 2.35. The number of nitrogens with zero attached hydrogens (tertiary/aromatic N) is 1. The number of nitriles is 1. The first-order valence-corrected chi connectivity index (χ1v) is 4.87. The molecule has 0 saturated heterocycles. The smallest absolute Gasteiger partial charge is 0.205 e. The molecule has 6 heteroatoms. The Morgan fingerprint density at radius 3 is 2.40 bits per heavy atom. The SMILES string of the molecule is N#CCc1ccc(I)c(F)c1C(F)(F)F. The molecule has 0 atom stereocenters. The van der Waals surface area contributed by atoms with Crippen LogP contribution in [0.15, 0.2) is 12.1 Å². The fourth-order valence-electron chi connectivity index (χ4n) is 1.13. The highest BCUT2D eigenvalue weighted by molar-refractivity contribution is 14.1. The van der Waals surface area contributed by atoms with Gasteiger partial charge in [-0.25, -0.2) is 4.39 Å². The van der Waals surface area contributed by atoms with Gasteiger partial charge in [0.15, 0.2) is 0 Å². The molecule has 1 rings (SSSR count). The standard InChI is InChI=1S/C9H4F4IN/c10-8-6(14)2-1-5(3-4-15)7(8)9(11,12)13/h1-2H,3H2. The van der Waals surface area contributed by atoms with Crippen LogP contribution in [0.5, 0.6) is 0 Å². The van der Waals surface area contributed by atoms with E-state index < -0.39 is 24.0 Å². The van der Waals surface area contributed by atoms with Gasteiger partial charge in [0, 0.05) is 3.57 Å². The van der Waals surface area contributed by atoms with Gasteiger partial charge in [-0.2, -0.15) is 18.4 Å². The Kier molecular flexibility index (Phi) is 3.54. The minimum Gasteiger partial charge on any atom is -0.205 e. The Labute approximate surface area is 96.8 Å². The third-order valence-electron chi connectivity index (χ3n) is 1.73. The van der Waals surface area contributed by atoms with Crippen molar-refractivity contribution < 1.29 is 17.6 Å². The number of rotatable bonds is 1. The van der Waals surface area contributed by atoms with Crippen molar-refractivity contribution in [1.82, 2.24) is 0 Å². The number of hydrogen-bond donors (Lipinski definition) is 0. The molecule has 0 unspecified atom stereocenters. The minimum atomic E-state index is -4.77. The summed E-state index contributed by atoms with van der Waals surface area (Å²) in [7, 11) is 0.